The summed E-state index contributed by atoms with van der Waals surface area (Å²) >= 11 is 1.73. The van der Waals surface area contributed by atoms with E-state index >= 15 is 0 Å². The minimum absolute atomic E-state index is 0.244. The lowest BCUT2D eigenvalue weighted by Gasteiger charge is -2.30. The molecule has 0 aliphatic carbocycles. The predicted octanol–water partition coefficient (Wildman–Crippen LogP) is 2.27. The van der Waals surface area contributed by atoms with Crippen molar-refractivity contribution in [3.05, 3.63) is 0 Å². The molecule has 0 aromatic rings. The van der Waals surface area contributed by atoms with Crippen LogP contribution in [0.2, 0.25) is 0 Å². The van der Waals surface area contributed by atoms with Gasteiger partial charge in [0.1, 0.15) is 0 Å². The van der Waals surface area contributed by atoms with Gasteiger partial charge in [0.2, 0.25) is 0 Å². The van der Waals surface area contributed by atoms with Crippen molar-refractivity contribution in [1.29, 1.82) is 0 Å². The SMILES string of the molecule is NCC(C1CCSCC1)C(F)(F)F. The van der Waals surface area contributed by atoms with Gasteiger partial charge in [0.15, 0.2) is 0 Å². The molecule has 1 unspecified atom stereocenters. The highest BCUT2D eigenvalue weighted by Crippen LogP contribution is 2.37. The van der Waals surface area contributed by atoms with Gasteiger partial charge in [0.25, 0.3) is 0 Å². The molecule has 1 atom stereocenters. The van der Waals surface area contributed by atoms with E-state index in [2.05, 4.69) is 0 Å². The van der Waals surface area contributed by atoms with Crippen molar-refractivity contribution in [3.63, 3.8) is 0 Å². The molecule has 0 saturated carbocycles. The van der Waals surface area contributed by atoms with Gasteiger partial charge in [0.05, 0.1) is 5.92 Å². The fourth-order valence-corrected chi connectivity index (χ4v) is 2.85. The Morgan fingerprint density at radius 1 is 1.31 bits per heavy atom. The predicted molar refractivity (Wildman–Crippen MR) is 48.6 cm³/mol. The third-order valence-electron chi connectivity index (χ3n) is 2.51. The summed E-state index contributed by atoms with van der Waals surface area (Å²) in [4.78, 5) is 0. The molecule has 1 saturated heterocycles. The van der Waals surface area contributed by atoms with E-state index in [1.165, 1.54) is 0 Å². The molecule has 0 bridgehead atoms. The summed E-state index contributed by atoms with van der Waals surface area (Å²) in [5.41, 5.74) is 5.16. The zero-order chi connectivity index (χ0) is 9.90. The highest BCUT2D eigenvalue weighted by Gasteiger charge is 2.43. The van der Waals surface area contributed by atoms with E-state index in [1.54, 1.807) is 11.8 Å². The van der Waals surface area contributed by atoms with Crippen LogP contribution in [0, 0.1) is 11.8 Å². The van der Waals surface area contributed by atoms with Gasteiger partial charge in [-0.2, -0.15) is 24.9 Å². The van der Waals surface area contributed by atoms with Crippen LogP contribution < -0.4 is 5.73 Å². The van der Waals surface area contributed by atoms with Crippen LogP contribution in [0.3, 0.4) is 0 Å². The number of thioether (sulfide) groups is 1. The van der Waals surface area contributed by atoms with Crippen molar-refractivity contribution < 1.29 is 13.2 Å². The first-order valence-electron chi connectivity index (χ1n) is 4.40. The molecule has 1 rings (SSSR count). The Bertz CT molecular complexity index is 154. The molecule has 1 aliphatic rings. The van der Waals surface area contributed by atoms with Crippen LogP contribution in [0.4, 0.5) is 13.2 Å². The molecule has 2 N–H and O–H groups in total. The molecule has 1 fully saturated rings. The van der Waals surface area contributed by atoms with Crippen LogP contribution in [-0.2, 0) is 0 Å². The maximum atomic E-state index is 12.4. The highest BCUT2D eigenvalue weighted by molar-refractivity contribution is 7.99. The van der Waals surface area contributed by atoms with Crippen molar-refractivity contribution >= 4 is 11.8 Å². The lowest BCUT2D eigenvalue weighted by Crippen LogP contribution is -2.37. The monoisotopic (exact) mass is 213 g/mol. The Morgan fingerprint density at radius 3 is 2.23 bits per heavy atom. The first kappa shape index (κ1) is 11.2. The van der Waals surface area contributed by atoms with Gasteiger partial charge in [-0.15, -0.1) is 0 Å². The lowest BCUT2D eigenvalue weighted by molar-refractivity contribution is -0.186. The van der Waals surface area contributed by atoms with Crippen LogP contribution in [0.25, 0.3) is 0 Å². The van der Waals surface area contributed by atoms with Gasteiger partial charge in [-0.1, -0.05) is 0 Å². The molecule has 1 aliphatic heterocycles. The number of nitrogens with two attached hydrogens (primary N) is 1. The van der Waals surface area contributed by atoms with Crippen LogP contribution in [0.15, 0.2) is 0 Å². The zero-order valence-electron chi connectivity index (χ0n) is 7.31. The molecule has 0 radical (unpaired) electrons. The van der Waals surface area contributed by atoms with Crippen LogP contribution >= 0.6 is 11.8 Å². The lowest BCUT2D eigenvalue weighted by atomic mass is 9.87. The number of hydrogen-bond acceptors (Lipinski definition) is 2. The number of rotatable bonds is 2. The van der Waals surface area contributed by atoms with E-state index in [0.29, 0.717) is 12.8 Å². The van der Waals surface area contributed by atoms with Gasteiger partial charge in [0, 0.05) is 6.54 Å². The van der Waals surface area contributed by atoms with Crippen LogP contribution in [0.1, 0.15) is 12.8 Å². The summed E-state index contributed by atoms with van der Waals surface area (Å²) in [6.45, 7) is -0.265. The largest absolute Gasteiger partial charge is 0.393 e. The molecular formula is C8H14F3NS. The van der Waals surface area contributed by atoms with Gasteiger partial charge in [-0.3, -0.25) is 0 Å². The topological polar surface area (TPSA) is 26.0 Å². The van der Waals surface area contributed by atoms with Crippen molar-refractivity contribution in [2.75, 3.05) is 18.1 Å². The second-order valence-electron chi connectivity index (χ2n) is 3.33. The second kappa shape index (κ2) is 4.55. The van der Waals surface area contributed by atoms with Crippen molar-refractivity contribution in [3.8, 4) is 0 Å². The molecule has 78 valence electrons. The van der Waals surface area contributed by atoms with E-state index in [0.717, 1.165) is 11.5 Å². The Labute approximate surface area is 80.2 Å². The van der Waals surface area contributed by atoms with Crippen molar-refractivity contribution in [2.24, 2.45) is 17.6 Å². The minimum atomic E-state index is -4.11. The second-order valence-corrected chi connectivity index (χ2v) is 4.56. The zero-order valence-corrected chi connectivity index (χ0v) is 8.13. The molecule has 0 aromatic carbocycles. The van der Waals surface area contributed by atoms with E-state index in [4.69, 9.17) is 5.73 Å². The molecule has 0 amide bonds. The van der Waals surface area contributed by atoms with Gasteiger partial charge in [-0.05, 0) is 30.3 Å². The van der Waals surface area contributed by atoms with Crippen molar-refractivity contribution in [1.82, 2.24) is 0 Å². The van der Waals surface area contributed by atoms with E-state index < -0.39 is 12.1 Å². The fraction of sp³-hybridized carbons (Fsp3) is 1.00. The summed E-state index contributed by atoms with van der Waals surface area (Å²) in [5, 5.41) is 0. The summed E-state index contributed by atoms with van der Waals surface area (Å²) in [6, 6.07) is 0. The van der Waals surface area contributed by atoms with E-state index in [1.807, 2.05) is 0 Å². The Kier molecular flexibility index (Phi) is 3.91. The molecule has 0 aromatic heterocycles. The third kappa shape index (κ3) is 3.06. The summed E-state index contributed by atoms with van der Waals surface area (Å²) in [7, 11) is 0. The first-order chi connectivity index (χ1) is 6.05. The minimum Gasteiger partial charge on any atom is -0.330 e. The normalized spacial score (nSPS) is 23.1. The third-order valence-corrected chi connectivity index (χ3v) is 3.56. The Hall–Kier alpha value is 0.100. The summed E-state index contributed by atoms with van der Waals surface area (Å²) in [6.07, 6.45) is -2.79. The standard InChI is InChI=1S/C8H14F3NS/c9-8(10,11)7(5-12)6-1-3-13-4-2-6/h6-7H,1-5,12H2. The van der Waals surface area contributed by atoms with Crippen molar-refractivity contribution in [2.45, 2.75) is 19.0 Å². The fourth-order valence-electron chi connectivity index (χ4n) is 1.71. The maximum Gasteiger partial charge on any atom is 0.393 e. The average molecular weight is 213 g/mol. The average Bonchev–Trinajstić information content (AvgIpc) is 2.05. The van der Waals surface area contributed by atoms with Crippen LogP contribution in [0.5, 0.6) is 0 Å². The first-order valence-corrected chi connectivity index (χ1v) is 5.55. The van der Waals surface area contributed by atoms with Crippen LogP contribution in [-0.4, -0.2) is 24.2 Å². The molecule has 1 nitrogen and oxygen atoms in total. The molecule has 13 heavy (non-hydrogen) atoms. The molecule has 5 heteroatoms. The smallest absolute Gasteiger partial charge is 0.330 e. The number of halogens is 3. The molecule has 1 heterocycles. The Balaban J connectivity index is 2.54. The van der Waals surface area contributed by atoms with E-state index in [-0.39, 0.29) is 12.5 Å². The number of alkyl halides is 3. The Morgan fingerprint density at radius 2 is 1.85 bits per heavy atom. The van der Waals surface area contributed by atoms with Gasteiger partial charge < -0.3 is 5.73 Å². The molecule has 0 spiro atoms. The summed E-state index contributed by atoms with van der Waals surface area (Å²) < 4.78 is 37.3. The van der Waals surface area contributed by atoms with E-state index in [9.17, 15) is 13.2 Å². The highest BCUT2D eigenvalue weighted by atomic mass is 32.2. The maximum absolute atomic E-state index is 12.4. The van der Waals surface area contributed by atoms with Gasteiger partial charge in [-0.25, -0.2) is 0 Å². The summed E-state index contributed by atoms with van der Waals surface area (Å²) in [5.74, 6) is 0.161. The molecular weight excluding hydrogens is 199 g/mol. The quantitative estimate of drug-likeness (QED) is 0.761. The number of hydrogen-bond donors (Lipinski definition) is 1. The van der Waals surface area contributed by atoms with Gasteiger partial charge >= 0.3 is 6.18 Å².